The number of aryl methyl sites for hydroxylation is 1. The van der Waals surface area contributed by atoms with Crippen molar-refractivity contribution < 1.29 is 4.79 Å². The lowest BCUT2D eigenvalue weighted by Crippen LogP contribution is -2.38. The molecule has 0 saturated carbocycles. The summed E-state index contributed by atoms with van der Waals surface area (Å²) in [5, 5.41) is 7.58. The van der Waals surface area contributed by atoms with E-state index >= 15 is 0 Å². The number of rotatable bonds is 6. The van der Waals surface area contributed by atoms with Crippen LogP contribution in [0.5, 0.6) is 0 Å². The molecule has 1 fully saturated rings. The third kappa shape index (κ3) is 4.27. The molecule has 1 aromatic heterocycles. The number of hydrogen-bond donors (Lipinski definition) is 2. The van der Waals surface area contributed by atoms with Gasteiger partial charge >= 0.3 is 0 Å². The van der Waals surface area contributed by atoms with Crippen molar-refractivity contribution in [3.63, 3.8) is 0 Å². The van der Waals surface area contributed by atoms with Crippen molar-refractivity contribution >= 4 is 27.5 Å². The van der Waals surface area contributed by atoms with Crippen LogP contribution in [-0.2, 0) is 11.2 Å². The summed E-state index contributed by atoms with van der Waals surface area (Å²) < 4.78 is 1.23. The lowest BCUT2D eigenvalue weighted by Gasteiger charge is -2.22. The molecule has 0 aliphatic carbocycles. The molecule has 1 saturated heterocycles. The Hall–Kier alpha value is -1.46. The first-order valence-corrected chi connectivity index (χ1v) is 8.95. The maximum atomic E-state index is 11.9. The van der Waals surface area contributed by atoms with E-state index in [2.05, 4.69) is 21.7 Å². The number of thiazole rings is 1. The number of aromatic nitrogens is 1. The van der Waals surface area contributed by atoms with Crippen LogP contribution in [0.4, 0.5) is 0 Å². The molecule has 0 bridgehead atoms. The predicted octanol–water partition coefficient (Wildman–Crippen LogP) is 2.73. The first kappa shape index (κ1) is 15.4. The van der Waals surface area contributed by atoms with Gasteiger partial charge in [0, 0.05) is 13.0 Å². The van der Waals surface area contributed by atoms with Crippen LogP contribution in [0, 0.1) is 5.92 Å². The molecule has 5 heteroatoms. The van der Waals surface area contributed by atoms with Crippen LogP contribution in [0.3, 0.4) is 0 Å². The Balaban J connectivity index is 1.37. The second-order valence-electron chi connectivity index (χ2n) is 5.95. The van der Waals surface area contributed by atoms with E-state index in [1.807, 2.05) is 18.2 Å². The van der Waals surface area contributed by atoms with Gasteiger partial charge in [0.15, 0.2) is 0 Å². The molecule has 1 amide bonds. The molecule has 0 spiro atoms. The van der Waals surface area contributed by atoms with E-state index in [0.29, 0.717) is 12.3 Å². The van der Waals surface area contributed by atoms with Gasteiger partial charge in [-0.1, -0.05) is 12.1 Å². The fourth-order valence-corrected chi connectivity index (χ4v) is 3.88. The smallest absolute Gasteiger partial charge is 0.220 e. The van der Waals surface area contributed by atoms with Gasteiger partial charge < -0.3 is 10.6 Å². The maximum Gasteiger partial charge on any atom is 0.220 e. The summed E-state index contributed by atoms with van der Waals surface area (Å²) in [5.41, 5.74) is 1.07. The molecular weight excluding hydrogens is 294 g/mol. The van der Waals surface area contributed by atoms with E-state index in [9.17, 15) is 4.79 Å². The van der Waals surface area contributed by atoms with E-state index < -0.39 is 0 Å². The Morgan fingerprint density at radius 3 is 3.14 bits per heavy atom. The first-order valence-electron chi connectivity index (χ1n) is 8.13. The summed E-state index contributed by atoms with van der Waals surface area (Å²) in [6.07, 6.45) is 4.79. The minimum Gasteiger partial charge on any atom is -0.356 e. The van der Waals surface area contributed by atoms with E-state index in [1.165, 1.54) is 17.5 Å². The molecule has 22 heavy (non-hydrogen) atoms. The standard InChI is InChI=1S/C17H23N3OS/c21-16(19-12-13-5-4-10-18-11-13)8-3-9-17-20-14-6-1-2-7-15(14)22-17/h1-2,6-7,13,18H,3-5,8-12H2,(H,19,21). The van der Waals surface area contributed by atoms with Gasteiger partial charge in [0.1, 0.15) is 0 Å². The average Bonchev–Trinajstić information content (AvgIpc) is 2.96. The highest BCUT2D eigenvalue weighted by Crippen LogP contribution is 2.22. The van der Waals surface area contributed by atoms with Crippen molar-refractivity contribution in [2.45, 2.75) is 32.1 Å². The number of carbonyl (C=O) groups excluding carboxylic acids is 1. The van der Waals surface area contributed by atoms with Crippen molar-refractivity contribution in [1.82, 2.24) is 15.6 Å². The van der Waals surface area contributed by atoms with Gasteiger partial charge in [0.25, 0.3) is 0 Å². The normalized spacial score (nSPS) is 18.5. The molecule has 1 aliphatic rings. The Kier molecular flexibility index (Phi) is 5.40. The quantitative estimate of drug-likeness (QED) is 0.861. The number of fused-ring (bicyclic) bond motifs is 1. The average molecular weight is 317 g/mol. The number of amides is 1. The molecule has 1 atom stereocenters. The molecule has 118 valence electrons. The number of nitrogens with zero attached hydrogens (tertiary/aromatic N) is 1. The molecule has 4 nitrogen and oxygen atoms in total. The van der Waals surface area contributed by atoms with E-state index in [1.54, 1.807) is 11.3 Å². The Labute approximate surface area is 135 Å². The zero-order valence-electron chi connectivity index (χ0n) is 12.8. The van der Waals surface area contributed by atoms with Gasteiger partial charge in [-0.05, 0) is 56.8 Å². The lowest BCUT2D eigenvalue weighted by atomic mass is 10.00. The highest BCUT2D eigenvalue weighted by atomic mass is 32.1. The van der Waals surface area contributed by atoms with Crippen molar-refractivity contribution in [3.8, 4) is 0 Å². The number of benzene rings is 1. The molecule has 2 N–H and O–H groups in total. The Morgan fingerprint density at radius 2 is 2.32 bits per heavy atom. The van der Waals surface area contributed by atoms with Crippen molar-refractivity contribution in [3.05, 3.63) is 29.3 Å². The maximum absolute atomic E-state index is 11.9. The molecule has 2 heterocycles. The first-order chi connectivity index (χ1) is 10.8. The van der Waals surface area contributed by atoms with Gasteiger partial charge in [-0.25, -0.2) is 4.98 Å². The number of nitrogens with one attached hydrogen (secondary N) is 2. The molecule has 3 rings (SSSR count). The predicted molar refractivity (Wildman–Crippen MR) is 91.2 cm³/mol. The number of hydrogen-bond acceptors (Lipinski definition) is 4. The summed E-state index contributed by atoms with van der Waals surface area (Å²) in [4.78, 5) is 16.5. The van der Waals surface area contributed by atoms with E-state index in [4.69, 9.17) is 0 Å². The molecule has 0 radical (unpaired) electrons. The van der Waals surface area contributed by atoms with Crippen LogP contribution in [0.1, 0.15) is 30.7 Å². The largest absolute Gasteiger partial charge is 0.356 e. The third-order valence-corrected chi connectivity index (χ3v) is 5.22. The highest BCUT2D eigenvalue weighted by molar-refractivity contribution is 7.18. The van der Waals surface area contributed by atoms with Crippen molar-refractivity contribution in [2.75, 3.05) is 19.6 Å². The van der Waals surface area contributed by atoms with Crippen LogP contribution in [0.25, 0.3) is 10.2 Å². The summed E-state index contributed by atoms with van der Waals surface area (Å²) in [7, 11) is 0. The summed E-state index contributed by atoms with van der Waals surface area (Å²) in [6, 6.07) is 8.19. The Bertz CT molecular complexity index is 586. The van der Waals surface area contributed by atoms with Gasteiger partial charge in [-0.2, -0.15) is 0 Å². The topological polar surface area (TPSA) is 54.0 Å². The minimum absolute atomic E-state index is 0.173. The third-order valence-electron chi connectivity index (χ3n) is 4.12. The number of carbonyl (C=O) groups is 1. The second kappa shape index (κ2) is 7.70. The highest BCUT2D eigenvalue weighted by Gasteiger charge is 2.13. The molecular formula is C17H23N3OS. The van der Waals surface area contributed by atoms with Crippen LogP contribution < -0.4 is 10.6 Å². The van der Waals surface area contributed by atoms with Gasteiger partial charge in [-0.15, -0.1) is 11.3 Å². The summed E-state index contributed by atoms with van der Waals surface area (Å²) in [6.45, 7) is 2.96. The van der Waals surface area contributed by atoms with Gasteiger partial charge in [-0.3, -0.25) is 4.79 Å². The van der Waals surface area contributed by atoms with Crippen LogP contribution in [-0.4, -0.2) is 30.5 Å². The van der Waals surface area contributed by atoms with Crippen molar-refractivity contribution in [2.24, 2.45) is 5.92 Å². The second-order valence-corrected chi connectivity index (χ2v) is 7.06. The molecule has 2 aromatic rings. The van der Waals surface area contributed by atoms with Gasteiger partial charge in [0.05, 0.1) is 15.2 Å². The van der Waals surface area contributed by atoms with E-state index in [0.717, 1.165) is 43.0 Å². The number of para-hydroxylation sites is 1. The van der Waals surface area contributed by atoms with Gasteiger partial charge in [0.2, 0.25) is 5.91 Å². The lowest BCUT2D eigenvalue weighted by molar-refractivity contribution is -0.121. The van der Waals surface area contributed by atoms with E-state index in [-0.39, 0.29) is 5.91 Å². The van der Waals surface area contributed by atoms with Crippen LogP contribution in [0.2, 0.25) is 0 Å². The molecule has 1 aliphatic heterocycles. The fourth-order valence-electron chi connectivity index (χ4n) is 2.87. The fraction of sp³-hybridized carbons (Fsp3) is 0.529. The Morgan fingerprint density at radius 1 is 1.41 bits per heavy atom. The van der Waals surface area contributed by atoms with Crippen molar-refractivity contribution in [1.29, 1.82) is 0 Å². The monoisotopic (exact) mass is 317 g/mol. The molecule has 1 unspecified atom stereocenters. The summed E-state index contributed by atoms with van der Waals surface area (Å²) in [5.74, 6) is 0.772. The van der Waals surface area contributed by atoms with Crippen LogP contribution in [0.15, 0.2) is 24.3 Å². The SMILES string of the molecule is O=C(CCCc1nc2ccccc2s1)NCC1CCCNC1. The zero-order valence-corrected chi connectivity index (χ0v) is 13.6. The minimum atomic E-state index is 0.173. The number of piperidine rings is 1. The zero-order chi connectivity index (χ0) is 15.2. The molecule has 1 aromatic carbocycles. The van der Waals surface area contributed by atoms with Crippen LogP contribution >= 0.6 is 11.3 Å². The summed E-state index contributed by atoms with van der Waals surface area (Å²) >= 11 is 1.73.